The van der Waals surface area contributed by atoms with Gasteiger partial charge in [-0.2, -0.15) is 0 Å². The molecule has 1 aromatic carbocycles. The van der Waals surface area contributed by atoms with Crippen LogP contribution < -0.4 is 15.8 Å². The van der Waals surface area contributed by atoms with Gasteiger partial charge in [-0.3, -0.25) is 0 Å². The molecule has 0 amide bonds. The molecule has 0 spiro atoms. The Bertz CT molecular complexity index is 315. The summed E-state index contributed by atoms with van der Waals surface area (Å²) in [6.45, 7) is 0.732. The van der Waals surface area contributed by atoms with Gasteiger partial charge in [0.05, 0.1) is 7.11 Å². The Morgan fingerprint density at radius 2 is 2.21 bits per heavy atom. The number of rotatable bonds is 4. The van der Waals surface area contributed by atoms with Gasteiger partial charge in [0, 0.05) is 6.54 Å². The van der Waals surface area contributed by atoms with E-state index in [-0.39, 0.29) is 0 Å². The molecule has 0 aromatic heterocycles. The Morgan fingerprint density at radius 1 is 1.50 bits per heavy atom. The fourth-order valence-corrected chi connectivity index (χ4v) is 1.33. The van der Waals surface area contributed by atoms with Crippen molar-refractivity contribution < 1.29 is 4.74 Å². The highest BCUT2D eigenvalue weighted by atomic mass is 32.1. The summed E-state index contributed by atoms with van der Waals surface area (Å²) in [5.74, 6) is 0.900. The normalized spacial score (nSPS) is 9.50. The number of hydrogen-bond donors (Lipinski definition) is 2. The summed E-state index contributed by atoms with van der Waals surface area (Å²) in [4.78, 5) is 0. The van der Waals surface area contributed by atoms with Crippen LogP contribution in [0.4, 0.5) is 0 Å². The topological polar surface area (TPSA) is 47.3 Å². The summed E-state index contributed by atoms with van der Waals surface area (Å²) in [6.07, 6.45) is 0.849. The molecule has 4 heteroatoms. The predicted molar refractivity (Wildman–Crippen MR) is 61.5 cm³/mol. The number of thiocarbonyl (C=S) groups is 1. The van der Waals surface area contributed by atoms with E-state index >= 15 is 0 Å². The van der Waals surface area contributed by atoms with Gasteiger partial charge in [0.25, 0.3) is 0 Å². The summed E-state index contributed by atoms with van der Waals surface area (Å²) < 4.78 is 5.21. The van der Waals surface area contributed by atoms with Gasteiger partial charge < -0.3 is 15.8 Å². The van der Waals surface area contributed by atoms with Crippen LogP contribution in [0.25, 0.3) is 0 Å². The Kier molecular flexibility index (Phi) is 4.19. The number of para-hydroxylation sites is 1. The fourth-order valence-electron chi connectivity index (χ4n) is 1.23. The highest BCUT2D eigenvalue weighted by molar-refractivity contribution is 7.80. The molecule has 0 saturated carbocycles. The summed E-state index contributed by atoms with van der Waals surface area (Å²) in [7, 11) is 1.67. The molecule has 0 atom stereocenters. The first-order valence-electron chi connectivity index (χ1n) is 4.39. The Balaban J connectivity index is 2.53. The Morgan fingerprint density at radius 3 is 2.86 bits per heavy atom. The molecule has 1 aromatic rings. The third-order valence-electron chi connectivity index (χ3n) is 1.89. The lowest BCUT2D eigenvalue weighted by Gasteiger charge is -2.08. The van der Waals surface area contributed by atoms with E-state index in [1.165, 1.54) is 0 Å². The van der Waals surface area contributed by atoms with Crippen molar-refractivity contribution in [2.24, 2.45) is 5.73 Å². The largest absolute Gasteiger partial charge is 0.496 e. The zero-order valence-corrected chi connectivity index (χ0v) is 8.93. The SMILES string of the molecule is COc1ccccc1CCNC(N)=S. The number of nitrogens with two attached hydrogens (primary N) is 1. The molecule has 76 valence electrons. The van der Waals surface area contributed by atoms with Crippen LogP contribution in [0.2, 0.25) is 0 Å². The van der Waals surface area contributed by atoms with E-state index in [2.05, 4.69) is 5.32 Å². The molecule has 0 fully saturated rings. The molecule has 3 N–H and O–H groups in total. The van der Waals surface area contributed by atoms with E-state index in [1.54, 1.807) is 7.11 Å². The Hall–Kier alpha value is -1.29. The lowest BCUT2D eigenvalue weighted by molar-refractivity contribution is 0.409. The van der Waals surface area contributed by atoms with E-state index < -0.39 is 0 Å². The van der Waals surface area contributed by atoms with Crippen LogP contribution in [0.3, 0.4) is 0 Å². The molecule has 0 unspecified atom stereocenters. The van der Waals surface area contributed by atoms with E-state index in [4.69, 9.17) is 22.7 Å². The van der Waals surface area contributed by atoms with Crippen LogP contribution >= 0.6 is 12.2 Å². The number of ether oxygens (including phenoxy) is 1. The van der Waals surface area contributed by atoms with Gasteiger partial charge in [-0.05, 0) is 30.3 Å². The van der Waals surface area contributed by atoms with Gasteiger partial charge in [0.2, 0.25) is 0 Å². The van der Waals surface area contributed by atoms with Crippen LogP contribution in [-0.2, 0) is 6.42 Å². The first-order valence-corrected chi connectivity index (χ1v) is 4.80. The number of nitrogens with one attached hydrogen (secondary N) is 1. The van der Waals surface area contributed by atoms with Gasteiger partial charge in [0.1, 0.15) is 5.75 Å². The van der Waals surface area contributed by atoms with Crippen LogP contribution in [0.5, 0.6) is 5.75 Å². The van der Waals surface area contributed by atoms with Crippen molar-refractivity contribution in [3.05, 3.63) is 29.8 Å². The number of benzene rings is 1. The van der Waals surface area contributed by atoms with Crippen molar-refractivity contribution in [1.29, 1.82) is 0 Å². The third-order valence-corrected chi connectivity index (χ3v) is 2.03. The summed E-state index contributed by atoms with van der Waals surface area (Å²) in [6, 6.07) is 7.90. The second-order valence-corrected chi connectivity index (χ2v) is 3.29. The van der Waals surface area contributed by atoms with Crippen molar-refractivity contribution in [3.63, 3.8) is 0 Å². The van der Waals surface area contributed by atoms with E-state index in [9.17, 15) is 0 Å². The number of hydrogen-bond acceptors (Lipinski definition) is 2. The average Bonchev–Trinajstić information content (AvgIpc) is 2.18. The summed E-state index contributed by atoms with van der Waals surface area (Å²) >= 11 is 4.71. The molecule has 0 saturated heterocycles. The third kappa shape index (κ3) is 3.22. The Labute approximate surface area is 89.3 Å². The van der Waals surface area contributed by atoms with Crippen molar-refractivity contribution >= 4 is 17.3 Å². The van der Waals surface area contributed by atoms with E-state index in [0.29, 0.717) is 5.11 Å². The van der Waals surface area contributed by atoms with E-state index in [1.807, 2.05) is 24.3 Å². The first kappa shape index (κ1) is 10.8. The summed E-state index contributed by atoms with van der Waals surface area (Å²) in [5, 5.41) is 3.23. The van der Waals surface area contributed by atoms with Gasteiger partial charge in [-0.1, -0.05) is 18.2 Å². The lowest BCUT2D eigenvalue weighted by atomic mass is 10.1. The predicted octanol–water partition coefficient (Wildman–Crippen LogP) is 1.07. The highest BCUT2D eigenvalue weighted by Crippen LogP contribution is 2.16. The first-order chi connectivity index (χ1) is 6.74. The van der Waals surface area contributed by atoms with Crippen LogP contribution in [0.1, 0.15) is 5.56 Å². The molecule has 1 rings (SSSR count). The van der Waals surface area contributed by atoms with Crippen LogP contribution in [0.15, 0.2) is 24.3 Å². The second kappa shape index (κ2) is 5.44. The minimum Gasteiger partial charge on any atom is -0.496 e. The highest BCUT2D eigenvalue weighted by Gasteiger charge is 2.00. The average molecular weight is 210 g/mol. The summed E-state index contributed by atoms with van der Waals surface area (Å²) in [5.41, 5.74) is 6.47. The maximum atomic E-state index is 5.32. The fraction of sp³-hybridized carbons (Fsp3) is 0.300. The zero-order chi connectivity index (χ0) is 10.4. The molecular formula is C10H14N2OS. The van der Waals surface area contributed by atoms with E-state index in [0.717, 1.165) is 24.3 Å². The van der Waals surface area contributed by atoms with Gasteiger partial charge in [-0.25, -0.2) is 0 Å². The second-order valence-electron chi connectivity index (χ2n) is 2.85. The molecule has 0 bridgehead atoms. The van der Waals surface area contributed by atoms with Crippen LogP contribution in [0, 0.1) is 0 Å². The van der Waals surface area contributed by atoms with Gasteiger partial charge in [0.15, 0.2) is 5.11 Å². The maximum absolute atomic E-state index is 5.32. The minimum absolute atomic E-state index is 0.333. The smallest absolute Gasteiger partial charge is 0.163 e. The standard InChI is InChI=1S/C10H14N2OS/c1-13-9-5-3-2-4-8(9)6-7-12-10(11)14/h2-5H,6-7H2,1H3,(H3,11,12,14). The number of methoxy groups -OCH3 is 1. The quantitative estimate of drug-likeness (QED) is 0.730. The van der Waals surface area contributed by atoms with Crippen molar-refractivity contribution in [3.8, 4) is 5.75 Å². The molecule has 0 radical (unpaired) electrons. The van der Waals surface area contributed by atoms with Gasteiger partial charge >= 0.3 is 0 Å². The lowest BCUT2D eigenvalue weighted by Crippen LogP contribution is -2.30. The molecule has 0 aliphatic carbocycles. The van der Waals surface area contributed by atoms with Crippen molar-refractivity contribution in [2.75, 3.05) is 13.7 Å². The molecular weight excluding hydrogens is 196 g/mol. The zero-order valence-electron chi connectivity index (χ0n) is 8.12. The molecule has 0 heterocycles. The molecule has 0 aliphatic heterocycles. The van der Waals surface area contributed by atoms with Gasteiger partial charge in [-0.15, -0.1) is 0 Å². The van der Waals surface area contributed by atoms with Crippen LogP contribution in [-0.4, -0.2) is 18.8 Å². The minimum atomic E-state index is 0.333. The molecule has 3 nitrogen and oxygen atoms in total. The maximum Gasteiger partial charge on any atom is 0.163 e. The van der Waals surface area contributed by atoms with Crippen molar-refractivity contribution in [1.82, 2.24) is 5.32 Å². The van der Waals surface area contributed by atoms with Crippen molar-refractivity contribution in [2.45, 2.75) is 6.42 Å². The molecule has 14 heavy (non-hydrogen) atoms. The molecule has 0 aliphatic rings. The monoisotopic (exact) mass is 210 g/mol.